The summed E-state index contributed by atoms with van der Waals surface area (Å²) < 4.78 is 6.16. The SMILES string of the molecule is Cc1cc(C)cc(N(CCC#N)C(=O)COC(=O)c2ccc(I)cc2)c1. The van der Waals surface area contributed by atoms with Crippen molar-refractivity contribution in [2.45, 2.75) is 20.3 Å². The van der Waals surface area contributed by atoms with E-state index < -0.39 is 5.97 Å². The highest BCUT2D eigenvalue weighted by Gasteiger charge is 2.18. The molecule has 0 aliphatic rings. The van der Waals surface area contributed by atoms with Crippen molar-refractivity contribution < 1.29 is 14.3 Å². The zero-order chi connectivity index (χ0) is 19.1. The van der Waals surface area contributed by atoms with Gasteiger partial charge >= 0.3 is 5.97 Å². The zero-order valence-corrected chi connectivity index (χ0v) is 16.8. The van der Waals surface area contributed by atoms with Crippen LogP contribution in [0, 0.1) is 28.7 Å². The highest BCUT2D eigenvalue weighted by atomic mass is 127. The second kappa shape index (κ2) is 9.34. The Morgan fingerprint density at radius 1 is 1.12 bits per heavy atom. The first kappa shape index (κ1) is 19.9. The molecule has 0 aliphatic heterocycles. The largest absolute Gasteiger partial charge is 0.452 e. The number of hydrogen-bond acceptors (Lipinski definition) is 4. The van der Waals surface area contributed by atoms with Gasteiger partial charge in [0.25, 0.3) is 5.91 Å². The summed E-state index contributed by atoms with van der Waals surface area (Å²) >= 11 is 2.15. The van der Waals surface area contributed by atoms with E-state index >= 15 is 0 Å². The number of esters is 1. The molecule has 0 saturated heterocycles. The number of ether oxygens (including phenoxy) is 1. The Labute approximate surface area is 166 Å². The fourth-order valence-electron chi connectivity index (χ4n) is 2.54. The Morgan fingerprint density at radius 2 is 1.73 bits per heavy atom. The van der Waals surface area contributed by atoms with Crippen LogP contribution in [0.25, 0.3) is 0 Å². The second-order valence-corrected chi connectivity index (χ2v) is 7.13. The van der Waals surface area contributed by atoms with Gasteiger partial charge in [-0.15, -0.1) is 0 Å². The van der Waals surface area contributed by atoms with E-state index in [-0.39, 0.29) is 25.5 Å². The minimum atomic E-state index is -0.546. The molecule has 0 atom stereocenters. The quantitative estimate of drug-likeness (QED) is 0.481. The van der Waals surface area contributed by atoms with E-state index in [0.29, 0.717) is 11.3 Å². The number of halogens is 1. The van der Waals surface area contributed by atoms with Gasteiger partial charge in [-0.25, -0.2) is 4.79 Å². The average molecular weight is 462 g/mol. The molecule has 1 amide bonds. The van der Waals surface area contributed by atoms with Crippen molar-refractivity contribution in [1.29, 1.82) is 5.26 Å². The van der Waals surface area contributed by atoms with Crippen LogP contribution in [0.1, 0.15) is 27.9 Å². The Bertz CT molecular complexity index is 821. The number of amides is 1. The van der Waals surface area contributed by atoms with Crippen molar-refractivity contribution in [2.75, 3.05) is 18.1 Å². The summed E-state index contributed by atoms with van der Waals surface area (Å²) in [5.41, 5.74) is 3.14. The highest BCUT2D eigenvalue weighted by Crippen LogP contribution is 2.19. The Kier molecular flexibility index (Phi) is 7.16. The molecular weight excluding hydrogens is 443 g/mol. The number of nitrogens with zero attached hydrogens (tertiary/aromatic N) is 2. The topological polar surface area (TPSA) is 70.4 Å². The minimum absolute atomic E-state index is 0.198. The first-order valence-electron chi connectivity index (χ1n) is 8.09. The molecule has 0 aliphatic carbocycles. The lowest BCUT2D eigenvalue weighted by molar-refractivity contribution is -0.121. The van der Waals surface area contributed by atoms with Crippen LogP contribution in [0.4, 0.5) is 5.69 Å². The Hall–Kier alpha value is -2.40. The molecule has 5 nitrogen and oxygen atoms in total. The fourth-order valence-corrected chi connectivity index (χ4v) is 2.90. The van der Waals surface area contributed by atoms with Crippen molar-refractivity contribution in [3.63, 3.8) is 0 Å². The maximum absolute atomic E-state index is 12.6. The molecule has 2 aromatic carbocycles. The molecule has 6 heteroatoms. The molecule has 134 valence electrons. The number of benzene rings is 2. The third kappa shape index (κ3) is 5.56. The molecule has 0 unspecified atom stereocenters. The molecule has 0 fully saturated rings. The molecule has 2 rings (SSSR count). The maximum Gasteiger partial charge on any atom is 0.338 e. The predicted octanol–water partition coefficient (Wildman–Crippen LogP) is 4.01. The minimum Gasteiger partial charge on any atom is -0.452 e. The van der Waals surface area contributed by atoms with Crippen molar-refractivity contribution in [2.24, 2.45) is 0 Å². The molecule has 0 radical (unpaired) electrons. The average Bonchev–Trinajstić information content (AvgIpc) is 2.59. The summed E-state index contributed by atoms with van der Waals surface area (Å²) in [6, 6.07) is 14.7. The summed E-state index contributed by atoms with van der Waals surface area (Å²) in [5, 5.41) is 8.87. The molecule has 0 spiro atoms. The highest BCUT2D eigenvalue weighted by molar-refractivity contribution is 14.1. The Morgan fingerprint density at radius 3 is 2.31 bits per heavy atom. The molecule has 26 heavy (non-hydrogen) atoms. The first-order valence-corrected chi connectivity index (χ1v) is 9.17. The lowest BCUT2D eigenvalue weighted by Gasteiger charge is -2.22. The number of nitriles is 1. The normalized spacial score (nSPS) is 10.1. The van der Waals surface area contributed by atoms with Crippen LogP contribution in [0.5, 0.6) is 0 Å². The second-order valence-electron chi connectivity index (χ2n) is 5.88. The van der Waals surface area contributed by atoms with Gasteiger partial charge < -0.3 is 9.64 Å². The van der Waals surface area contributed by atoms with Gasteiger partial charge in [0.2, 0.25) is 0 Å². The molecular formula is C20H19IN2O3. The van der Waals surface area contributed by atoms with Gasteiger partial charge in [-0.3, -0.25) is 4.79 Å². The zero-order valence-electron chi connectivity index (χ0n) is 14.7. The van der Waals surface area contributed by atoms with Crippen LogP contribution < -0.4 is 4.90 Å². The van der Waals surface area contributed by atoms with E-state index in [0.717, 1.165) is 14.7 Å². The first-order chi connectivity index (χ1) is 12.4. The molecule has 0 aromatic heterocycles. The van der Waals surface area contributed by atoms with Crippen LogP contribution in [0.2, 0.25) is 0 Å². The summed E-state index contributed by atoms with van der Waals surface area (Å²) in [7, 11) is 0. The third-order valence-corrected chi connectivity index (χ3v) is 4.39. The molecule has 0 bridgehead atoms. The predicted molar refractivity (Wildman–Crippen MR) is 108 cm³/mol. The van der Waals surface area contributed by atoms with Crippen LogP contribution in [-0.2, 0) is 9.53 Å². The van der Waals surface area contributed by atoms with Crippen LogP contribution >= 0.6 is 22.6 Å². The summed E-state index contributed by atoms with van der Waals surface area (Å²) in [6.07, 6.45) is 0.198. The molecule has 0 heterocycles. The van der Waals surface area contributed by atoms with Crippen molar-refractivity contribution in [3.8, 4) is 6.07 Å². The van der Waals surface area contributed by atoms with Gasteiger partial charge in [-0.05, 0) is 84.0 Å². The lowest BCUT2D eigenvalue weighted by atomic mass is 10.1. The maximum atomic E-state index is 12.6. The van der Waals surface area contributed by atoms with E-state index in [9.17, 15) is 9.59 Å². The molecule has 2 aromatic rings. The van der Waals surface area contributed by atoms with Gasteiger partial charge in [0.15, 0.2) is 6.61 Å². The number of carbonyl (C=O) groups excluding carboxylic acids is 2. The van der Waals surface area contributed by atoms with E-state index in [2.05, 4.69) is 22.6 Å². The van der Waals surface area contributed by atoms with E-state index in [1.54, 1.807) is 24.3 Å². The van der Waals surface area contributed by atoms with E-state index in [1.165, 1.54) is 4.90 Å². The van der Waals surface area contributed by atoms with Gasteiger partial charge in [0, 0.05) is 15.8 Å². The summed E-state index contributed by atoms with van der Waals surface area (Å²) in [6.45, 7) is 3.77. The van der Waals surface area contributed by atoms with Crippen molar-refractivity contribution in [1.82, 2.24) is 0 Å². The number of anilines is 1. The summed E-state index contributed by atoms with van der Waals surface area (Å²) in [4.78, 5) is 26.2. The van der Waals surface area contributed by atoms with Gasteiger partial charge in [-0.1, -0.05) is 6.07 Å². The number of aryl methyl sites for hydroxylation is 2. The standard InChI is InChI=1S/C20H19IN2O3/c1-14-10-15(2)12-18(11-14)23(9-3-8-22)19(24)13-26-20(25)16-4-6-17(21)7-5-16/h4-7,10-12H,3,9,13H2,1-2H3. The van der Waals surface area contributed by atoms with E-state index in [1.807, 2.05) is 38.1 Å². The fraction of sp³-hybridized carbons (Fsp3) is 0.250. The number of rotatable bonds is 6. The summed E-state index contributed by atoms with van der Waals surface area (Å²) in [5.74, 6) is -0.903. The third-order valence-electron chi connectivity index (χ3n) is 3.67. The van der Waals surface area contributed by atoms with E-state index in [4.69, 9.17) is 10.00 Å². The van der Waals surface area contributed by atoms with Gasteiger partial charge in [-0.2, -0.15) is 5.26 Å². The molecule has 0 N–H and O–H groups in total. The van der Waals surface area contributed by atoms with Crippen LogP contribution in [0.3, 0.4) is 0 Å². The smallest absolute Gasteiger partial charge is 0.338 e. The number of carbonyl (C=O) groups is 2. The monoisotopic (exact) mass is 462 g/mol. The van der Waals surface area contributed by atoms with Gasteiger partial charge in [0.1, 0.15) is 0 Å². The van der Waals surface area contributed by atoms with Gasteiger partial charge in [0.05, 0.1) is 18.1 Å². The van der Waals surface area contributed by atoms with Crippen LogP contribution in [0.15, 0.2) is 42.5 Å². The molecule has 0 saturated carbocycles. The lowest BCUT2D eigenvalue weighted by Crippen LogP contribution is -2.35. The van der Waals surface area contributed by atoms with Crippen molar-refractivity contribution in [3.05, 3.63) is 62.7 Å². The Balaban J connectivity index is 2.10. The van der Waals surface area contributed by atoms with Crippen molar-refractivity contribution >= 4 is 40.2 Å². The number of hydrogen-bond donors (Lipinski definition) is 0. The van der Waals surface area contributed by atoms with Crippen LogP contribution in [-0.4, -0.2) is 25.0 Å².